The number of hydrogen-bond acceptors (Lipinski definition) is 6. The second-order valence-electron chi connectivity index (χ2n) is 9.77. The Morgan fingerprint density at radius 1 is 1.11 bits per heavy atom. The fourth-order valence-electron chi connectivity index (χ4n) is 4.91. The van der Waals surface area contributed by atoms with E-state index in [-0.39, 0.29) is 30.3 Å². The molecule has 0 bridgehead atoms. The highest BCUT2D eigenvalue weighted by atomic mass is 19.1. The smallest absolute Gasteiger partial charge is 0.410 e. The fraction of sp³-hybridized carbons (Fsp3) is 0.538. The van der Waals surface area contributed by atoms with Gasteiger partial charge in [0.2, 0.25) is 0 Å². The summed E-state index contributed by atoms with van der Waals surface area (Å²) in [6, 6.07) is 6.90. The van der Waals surface area contributed by atoms with Crippen molar-refractivity contribution in [3.05, 3.63) is 53.7 Å². The summed E-state index contributed by atoms with van der Waals surface area (Å²) in [4.78, 5) is 20.4. The van der Waals surface area contributed by atoms with Crippen molar-refractivity contribution in [1.82, 2.24) is 9.88 Å². The molecule has 2 N–H and O–H groups in total. The molecule has 0 saturated carbocycles. The van der Waals surface area contributed by atoms with Gasteiger partial charge in [0.05, 0.1) is 18.4 Å². The van der Waals surface area contributed by atoms with Gasteiger partial charge in [-0.3, -0.25) is 0 Å². The molecule has 1 aromatic heterocycles. The van der Waals surface area contributed by atoms with Crippen LogP contribution in [0.3, 0.4) is 0 Å². The van der Waals surface area contributed by atoms with Gasteiger partial charge in [-0.2, -0.15) is 0 Å². The standard InChI is InChI=1S/C26H34F2N4O3/c1-16(2)34-26(33)31-10-8-18(9-11-31)17(3)35-20-5-7-25(30-13-20)32-14-22(24(29)15-32)21-12-19(27)4-6-23(21)28/h4-7,12-13,16-18,22,24H,8-11,14-15,29H2,1-3H3/t17-,22+,24-/m0/s1. The molecule has 0 radical (unpaired) electrons. The Morgan fingerprint density at radius 3 is 2.51 bits per heavy atom. The number of rotatable bonds is 6. The van der Waals surface area contributed by atoms with Crippen molar-refractivity contribution < 1.29 is 23.0 Å². The third-order valence-electron chi connectivity index (χ3n) is 6.89. The molecule has 7 nitrogen and oxygen atoms in total. The summed E-state index contributed by atoms with van der Waals surface area (Å²) < 4.78 is 39.3. The Hall–Kier alpha value is -2.94. The van der Waals surface area contributed by atoms with Crippen LogP contribution in [0.25, 0.3) is 0 Å². The van der Waals surface area contributed by atoms with Crippen LogP contribution in [-0.4, -0.2) is 60.4 Å². The summed E-state index contributed by atoms with van der Waals surface area (Å²) in [5.41, 5.74) is 6.58. The van der Waals surface area contributed by atoms with Crippen molar-refractivity contribution in [2.45, 2.75) is 57.8 Å². The molecule has 1 aromatic carbocycles. The van der Waals surface area contributed by atoms with E-state index in [9.17, 15) is 13.6 Å². The predicted octanol–water partition coefficient (Wildman–Crippen LogP) is 4.32. The number of pyridine rings is 1. The quantitative estimate of drug-likeness (QED) is 0.653. The number of benzene rings is 1. The van der Waals surface area contributed by atoms with Crippen molar-refractivity contribution >= 4 is 11.9 Å². The number of likely N-dealkylation sites (tertiary alicyclic amines) is 1. The molecule has 9 heteroatoms. The maximum atomic E-state index is 14.3. The maximum absolute atomic E-state index is 14.3. The number of nitrogens with zero attached hydrogens (tertiary/aromatic N) is 3. The summed E-state index contributed by atoms with van der Waals surface area (Å²) >= 11 is 0. The van der Waals surface area contributed by atoms with Crippen LogP contribution in [0.15, 0.2) is 36.5 Å². The van der Waals surface area contributed by atoms with Gasteiger partial charge >= 0.3 is 6.09 Å². The maximum Gasteiger partial charge on any atom is 0.410 e. The van der Waals surface area contributed by atoms with E-state index in [4.69, 9.17) is 15.2 Å². The molecule has 0 aliphatic carbocycles. The normalized spacial score (nSPS) is 21.9. The van der Waals surface area contributed by atoms with Gasteiger partial charge in [0.25, 0.3) is 0 Å². The number of aromatic nitrogens is 1. The average molecular weight is 489 g/mol. The van der Waals surface area contributed by atoms with Crippen molar-refractivity contribution in [3.8, 4) is 5.75 Å². The minimum atomic E-state index is -0.470. The number of ether oxygens (including phenoxy) is 2. The molecule has 2 fully saturated rings. The lowest BCUT2D eigenvalue weighted by molar-refractivity contribution is 0.0494. The number of piperidine rings is 1. The zero-order valence-corrected chi connectivity index (χ0v) is 20.5. The Labute approximate surface area is 205 Å². The van der Waals surface area contributed by atoms with E-state index in [1.165, 1.54) is 6.07 Å². The minimum Gasteiger partial charge on any atom is -0.489 e. The molecule has 3 heterocycles. The first-order valence-corrected chi connectivity index (χ1v) is 12.2. The van der Waals surface area contributed by atoms with Gasteiger partial charge in [0.15, 0.2) is 0 Å². The van der Waals surface area contributed by atoms with E-state index in [0.29, 0.717) is 43.4 Å². The van der Waals surface area contributed by atoms with Crippen LogP contribution in [-0.2, 0) is 4.74 Å². The van der Waals surface area contributed by atoms with Gasteiger partial charge < -0.3 is 25.0 Å². The Bertz CT molecular complexity index is 1010. The second-order valence-corrected chi connectivity index (χ2v) is 9.77. The first-order chi connectivity index (χ1) is 16.7. The van der Waals surface area contributed by atoms with Gasteiger partial charge in [-0.05, 0) is 75.4 Å². The van der Waals surface area contributed by atoms with E-state index >= 15 is 0 Å². The predicted molar refractivity (Wildman–Crippen MR) is 130 cm³/mol. The monoisotopic (exact) mass is 488 g/mol. The van der Waals surface area contributed by atoms with Gasteiger partial charge in [-0.15, -0.1) is 0 Å². The molecule has 35 heavy (non-hydrogen) atoms. The SMILES string of the molecule is CC(C)OC(=O)N1CCC([C@H](C)Oc2ccc(N3C[C@H](c4cc(F)ccc4F)[C@@H](N)C3)nc2)CC1. The summed E-state index contributed by atoms with van der Waals surface area (Å²) in [5.74, 6) is 0.489. The van der Waals surface area contributed by atoms with Crippen molar-refractivity contribution in [3.63, 3.8) is 0 Å². The van der Waals surface area contributed by atoms with Gasteiger partial charge in [-0.25, -0.2) is 18.6 Å². The summed E-state index contributed by atoms with van der Waals surface area (Å²) in [6.45, 7) is 8.01. The van der Waals surface area contributed by atoms with Crippen LogP contribution in [0.5, 0.6) is 5.75 Å². The Balaban J connectivity index is 1.31. The topological polar surface area (TPSA) is 80.9 Å². The van der Waals surface area contributed by atoms with E-state index in [1.807, 2.05) is 37.8 Å². The van der Waals surface area contributed by atoms with Crippen LogP contribution in [0.4, 0.5) is 19.4 Å². The highest BCUT2D eigenvalue weighted by molar-refractivity contribution is 5.67. The lowest BCUT2D eigenvalue weighted by Crippen LogP contribution is -2.42. The molecular formula is C26H34F2N4O3. The molecule has 2 aliphatic heterocycles. The summed E-state index contributed by atoms with van der Waals surface area (Å²) in [5, 5.41) is 0. The molecule has 3 atom stereocenters. The lowest BCUT2D eigenvalue weighted by atomic mass is 9.92. The number of amides is 1. The van der Waals surface area contributed by atoms with Crippen molar-refractivity contribution in [2.24, 2.45) is 11.7 Å². The summed E-state index contributed by atoms with van der Waals surface area (Å²) in [6.07, 6.45) is 2.99. The van der Waals surface area contributed by atoms with Gasteiger partial charge in [0, 0.05) is 38.1 Å². The van der Waals surface area contributed by atoms with E-state index in [2.05, 4.69) is 4.98 Å². The molecule has 2 saturated heterocycles. The number of halogens is 2. The molecule has 1 amide bonds. The zero-order chi connectivity index (χ0) is 25.1. The molecule has 0 unspecified atom stereocenters. The van der Waals surface area contributed by atoms with Crippen LogP contribution in [0, 0.1) is 17.6 Å². The zero-order valence-electron chi connectivity index (χ0n) is 20.5. The molecule has 190 valence electrons. The molecule has 2 aliphatic rings. The largest absolute Gasteiger partial charge is 0.489 e. The Kier molecular flexibility index (Phi) is 7.74. The van der Waals surface area contributed by atoms with Crippen molar-refractivity contribution in [1.29, 1.82) is 0 Å². The average Bonchev–Trinajstić information content (AvgIpc) is 3.22. The molecular weight excluding hydrogens is 454 g/mol. The molecule has 0 spiro atoms. The first-order valence-electron chi connectivity index (χ1n) is 12.2. The van der Waals surface area contributed by atoms with E-state index < -0.39 is 11.6 Å². The summed E-state index contributed by atoms with van der Waals surface area (Å²) in [7, 11) is 0. The van der Waals surface area contributed by atoms with Crippen molar-refractivity contribution in [2.75, 3.05) is 31.1 Å². The first kappa shape index (κ1) is 25.2. The number of carbonyl (C=O) groups excluding carboxylic acids is 1. The van der Waals surface area contributed by atoms with E-state index in [0.717, 1.165) is 30.8 Å². The Morgan fingerprint density at radius 2 is 1.86 bits per heavy atom. The van der Waals surface area contributed by atoms with Gasteiger partial charge in [-0.1, -0.05) is 0 Å². The minimum absolute atomic E-state index is 0.0218. The second kappa shape index (κ2) is 10.8. The third-order valence-corrected chi connectivity index (χ3v) is 6.89. The van der Waals surface area contributed by atoms with E-state index in [1.54, 1.807) is 11.1 Å². The number of hydrogen-bond donors (Lipinski definition) is 1. The fourth-order valence-corrected chi connectivity index (χ4v) is 4.91. The molecule has 4 rings (SSSR count). The van der Waals surface area contributed by atoms with Crippen LogP contribution in [0.1, 0.15) is 45.1 Å². The van der Waals surface area contributed by atoms with Crippen LogP contribution >= 0.6 is 0 Å². The number of carbonyl (C=O) groups is 1. The van der Waals surface area contributed by atoms with Gasteiger partial charge in [0.1, 0.15) is 23.2 Å². The number of anilines is 1. The third kappa shape index (κ3) is 6.01. The highest BCUT2D eigenvalue weighted by Gasteiger charge is 2.34. The lowest BCUT2D eigenvalue weighted by Gasteiger charge is -2.34. The molecule has 2 aromatic rings. The highest BCUT2D eigenvalue weighted by Crippen LogP contribution is 2.32. The van der Waals surface area contributed by atoms with Crippen LogP contribution < -0.4 is 15.4 Å². The number of nitrogens with two attached hydrogens (primary N) is 1. The van der Waals surface area contributed by atoms with Crippen LogP contribution in [0.2, 0.25) is 0 Å².